The monoisotopic (exact) mass is 560 g/mol. The number of hydrogen-bond donors (Lipinski definition) is 1. The molecule has 0 saturated carbocycles. The fourth-order valence-corrected chi connectivity index (χ4v) is 4.72. The Morgan fingerprint density at radius 3 is 2.02 bits per heavy atom. The quantitative estimate of drug-likeness (QED) is 0.357. The lowest BCUT2D eigenvalue weighted by Crippen LogP contribution is -2.46. The first-order valence-corrected chi connectivity index (χ1v) is 13.7. The molecule has 1 fully saturated rings. The van der Waals surface area contributed by atoms with Crippen molar-refractivity contribution < 1.29 is 14.3 Å². The predicted molar refractivity (Wildman–Crippen MR) is 157 cm³/mol. The van der Waals surface area contributed by atoms with Crippen LogP contribution in [0.25, 0.3) is 22.1 Å². The van der Waals surface area contributed by atoms with Gasteiger partial charge in [0.15, 0.2) is 0 Å². The van der Waals surface area contributed by atoms with Crippen molar-refractivity contribution in [3.05, 3.63) is 81.6 Å². The number of nitrogens with zero attached hydrogens (tertiary/aromatic N) is 5. The SMILES string of the molecule is CC(C)(C)OC(=O)NC1CCN(CCn2c(=O)ccc3cccnc32)CC1.O=CCn1c(=O)ccc2cccnc21. The van der Waals surface area contributed by atoms with E-state index in [1.54, 1.807) is 35.2 Å². The Labute approximate surface area is 237 Å². The largest absolute Gasteiger partial charge is 0.444 e. The molecule has 0 aromatic carbocycles. The van der Waals surface area contributed by atoms with Crippen molar-refractivity contribution in [1.82, 2.24) is 29.3 Å². The Morgan fingerprint density at radius 2 is 1.46 bits per heavy atom. The van der Waals surface area contributed by atoms with Gasteiger partial charge in [0.2, 0.25) is 0 Å². The minimum atomic E-state index is -0.482. The van der Waals surface area contributed by atoms with Crippen LogP contribution >= 0.6 is 0 Å². The third-order valence-corrected chi connectivity index (χ3v) is 6.69. The highest BCUT2D eigenvalue weighted by atomic mass is 16.6. The van der Waals surface area contributed by atoms with Gasteiger partial charge in [0.1, 0.15) is 23.2 Å². The number of pyridine rings is 4. The lowest BCUT2D eigenvalue weighted by molar-refractivity contribution is -0.108. The summed E-state index contributed by atoms with van der Waals surface area (Å²) in [5, 5.41) is 4.78. The summed E-state index contributed by atoms with van der Waals surface area (Å²) in [6.45, 7) is 8.79. The summed E-state index contributed by atoms with van der Waals surface area (Å²) >= 11 is 0. The van der Waals surface area contributed by atoms with E-state index in [4.69, 9.17) is 4.74 Å². The number of likely N-dealkylation sites (tertiary alicyclic amines) is 1. The van der Waals surface area contributed by atoms with E-state index >= 15 is 0 Å². The number of nitrogens with one attached hydrogen (secondary N) is 1. The van der Waals surface area contributed by atoms with Gasteiger partial charge in [0, 0.05) is 67.5 Å². The number of hydrogen-bond acceptors (Lipinski definition) is 8. The van der Waals surface area contributed by atoms with Crippen LogP contribution in [0.1, 0.15) is 33.6 Å². The van der Waals surface area contributed by atoms with Crippen LogP contribution < -0.4 is 16.4 Å². The predicted octanol–water partition coefficient (Wildman–Crippen LogP) is 2.98. The maximum atomic E-state index is 12.2. The Bertz CT molecular complexity index is 1620. The molecule has 11 nitrogen and oxygen atoms in total. The molecule has 11 heteroatoms. The van der Waals surface area contributed by atoms with E-state index < -0.39 is 5.60 Å². The molecule has 0 aliphatic carbocycles. The molecule has 4 aromatic heterocycles. The molecule has 0 unspecified atom stereocenters. The molecule has 41 heavy (non-hydrogen) atoms. The van der Waals surface area contributed by atoms with Crippen molar-refractivity contribution in [3.8, 4) is 0 Å². The zero-order valence-electron chi connectivity index (χ0n) is 23.7. The van der Waals surface area contributed by atoms with Gasteiger partial charge in [0.25, 0.3) is 11.1 Å². The number of piperidine rings is 1. The van der Waals surface area contributed by atoms with Gasteiger partial charge in [-0.05, 0) is 70.0 Å². The average Bonchev–Trinajstić information content (AvgIpc) is 2.94. The Kier molecular flexibility index (Phi) is 9.61. The average molecular weight is 561 g/mol. The van der Waals surface area contributed by atoms with Crippen molar-refractivity contribution in [2.24, 2.45) is 0 Å². The molecule has 1 N–H and O–H groups in total. The van der Waals surface area contributed by atoms with E-state index in [0.717, 1.165) is 48.9 Å². The lowest BCUT2D eigenvalue weighted by atomic mass is 10.1. The fourth-order valence-electron chi connectivity index (χ4n) is 4.72. The van der Waals surface area contributed by atoms with Gasteiger partial charge in [-0.1, -0.05) is 0 Å². The van der Waals surface area contributed by atoms with Crippen molar-refractivity contribution in [1.29, 1.82) is 0 Å². The standard InChI is InChI=1S/C20H28N4O3.C10H8N2O2/c1-20(2,3)27-19(26)22-16-8-11-23(12-9-16)13-14-24-17(25)7-6-15-5-4-10-21-18(15)24;13-7-6-12-9(14)4-3-8-2-1-5-11-10(8)12/h4-7,10,16H,8-9,11-14H2,1-3H3,(H,22,26);1-5,7H,6H2. The van der Waals surface area contributed by atoms with Gasteiger partial charge >= 0.3 is 6.09 Å². The van der Waals surface area contributed by atoms with Crippen molar-refractivity contribution >= 4 is 34.4 Å². The molecule has 1 saturated heterocycles. The van der Waals surface area contributed by atoms with Crippen LogP contribution in [-0.4, -0.2) is 67.7 Å². The number of carbonyl (C=O) groups is 2. The smallest absolute Gasteiger partial charge is 0.407 e. The molecule has 216 valence electrons. The molecular formula is C30H36N6O5. The van der Waals surface area contributed by atoms with Crippen LogP contribution in [0.15, 0.2) is 70.5 Å². The van der Waals surface area contributed by atoms with Gasteiger partial charge in [-0.25, -0.2) is 14.8 Å². The number of rotatable bonds is 6. The van der Waals surface area contributed by atoms with Crippen molar-refractivity contribution in [3.63, 3.8) is 0 Å². The summed E-state index contributed by atoms with van der Waals surface area (Å²) < 4.78 is 8.40. The fraction of sp³-hybridized carbons (Fsp3) is 0.400. The second kappa shape index (κ2) is 13.3. The lowest BCUT2D eigenvalue weighted by Gasteiger charge is -2.32. The van der Waals surface area contributed by atoms with E-state index in [-0.39, 0.29) is 29.8 Å². The first-order valence-electron chi connectivity index (χ1n) is 13.7. The van der Waals surface area contributed by atoms with Crippen molar-refractivity contribution in [2.75, 3.05) is 19.6 Å². The number of carbonyl (C=O) groups excluding carboxylic acids is 2. The molecule has 0 radical (unpaired) electrons. The van der Waals surface area contributed by atoms with E-state index in [1.165, 1.54) is 10.6 Å². The van der Waals surface area contributed by atoms with Crippen LogP contribution in [0.5, 0.6) is 0 Å². The molecule has 0 spiro atoms. The van der Waals surface area contributed by atoms with Crippen LogP contribution in [0.3, 0.4) is 0 Å². The Morgan fingerprint density at radius 1 is 0.902 bits per heavy atom. The Balaban J connectivity index is 0.000000231. The number of aromatic nitrogens is 4. The van der Waals surface area contributed by atoms with E-state index in [9.17, 15) is 19.2 Å². The third-order valence-electron chi connectivity index (χ3n) is 6.69. The molecular weight excluding hydrogens is 524 g/mol. The van der Waals surface area contributed by atoms with E-state index in [2.05, 4.69) is 20.2 Å². The number of ether oxygens (including phenoxy) is 1. The number of fused-ring (bicyclic) bond motifs is 2. The van der Waals surface area contributed by atoms with Gasteiger partial charge in [-0.2, -0.15) is 0 Å². The molecule has 0 bridgehead atoms. The van der Waals surface area contributed by atoms with Gasteiger partial charge < -0.3 is 19.7 Å². The molecule has 5 rings (SSSR count). The zero-order valence-corrected chi connectivity index (χ0v) is 23.7. The maximum absolute atomic E-state index is 12.2. The summed E-state index contributed by atoms with van der Waals surface area (Å²) in [5.74, 6) is 0. The number of alkyl carbamates (subject to hydrolysis) is 1. The highest BCUT2D eigenvalue weighted by Crippen LogP contribution is 2.14. The molecule has 1 amide bonds. The topological polar surface area (TPSA) is 128 Å². The summed E-state index contributed by atoms with van der Waals surface area (Å²) in [5.41, 5.74) is 0.564. The molecule has 1 aliphatic rings. The highest BCUT2D eigenvalue weighted by molar-refractivity contribution is 5.75. The minimum absolute atomic E-state index is 0.0253. The molecule has 5 heterocycles. The minimum Gasteiger partial charge on any atom is -0.444 e. The van der Waals surface area contributed by atoms with E-state index in [0.29, 0.717) is 18.5 Å². The Hall–Kier alpha value is -4.38. The first kappa shape index (κ1) is 29.6. The summed E-state index contributed by atoms with van der Waals surface area (Å²) in [7, 11) is 0. The highest BCUT2D eigenvalue weighted by Gasteiger charge is 2.23. The third kappa shape index (κ3) is 8.07. The maximum Gasteiger partial charge on any atom is 0.407 e. The van der Waals surface area contributed by atoms with Crippen LogP contribution in [-0.2, 0) is 22.6 Å². The zero-order chi connectivity index (χ0) is 29.4. The molecule has 1 aliphatic heterocycles. The van der Waals surface area contributed by atoms with E-state index in [1.807, 2.05) is 45.0 Å². The van der Waals surface area contributed by atoms with Crippen molar-refractivity contribution in [2.45, 2.75) is 58.3 Å². The van der Waals surface area contributed by atoms with Crippen LogP contribution in [0, 0.1) is 0 Å². The second-order valence-electron chi connectivity index (χ2n) is 10.9. The number of aldehydes is 1. The van der Waals surface area contributed by atoms with Gasteiger partial charge in [0.05, 0.1) is 6.54 Å². The van der Waals surface area contributed by atoms with Gasteiger partial charge in [-0.15, -0.1) is 0 Å². The second-order valence-corrected chi connectivity index (χ2v) is 10.9. The molecule has 0 atom stereocenters. The summed E-state index contributed by atoms with van der Waals surface area (Å²) in [4.78, 5) is 56.6. The molecule has 4 aromatic rings. The summed E-state index contributed by atoms with van der Waals surface area (Å²) in [6.07, 6.45) is 5.41. The van der Waals surface area contributed by atoms with Crippen LogP contribution in [0.2, 0.25) is 0 Å². The van der Waals surface area contributed by atoms with Gasteiger partial charge in [-0.3, -0.25) is 18.7 Å². The normalized spacial score (nSPS) is 14.3. The number of amides is 1. The van der Waals surface area contributed by atoms with Crippen LogP contribution in [0.4, 0.5) is 4.79 Å². The summed E-state index contributed by atoms with van der Waals surface area (Å²) in [6, 6.07) is 14.2. The first-order chi connectivity index (χ1) is 19.6.